The summed E-state index contributed by atoms with van der Waals surface area (Å²) in [4.78, 5) is 10.6. The normalized spacial score (nSPS) is 13.8. The van der Waals surface area contributed by atoms with Crippen molar-refractivity contribution in [2.75, 3.05) is 0 Å². The molecule has 0 aromatic rings. The Balaban J connectivity index is 4.11. The predicted molar refractivity (Wildman–Crippen MR) is 53.4 cm³/mol. The molecule has 0 spiro atoms. The topological polar surface area (TPSA) is 52.3 Å². The molecular weight excluding hydrogens is 166 g/mol. The number of carbonyl (C=O) groups excluding carboxylic acids is 1. The Hall–Kier alpha value is -0.730. The minimum absolute atomic E-state index is 0.0236. The minimum Gasteiger partial charge on any atom is -0.446 e. The number of unbranched alkanes of at least 4 members (excludes halogenated alkanes) is 1. The molecule has 1 atom stereocenters. The first-order chi connectivity index (χ1) is 5.88. The average molecular weight is 187 g/mol. The molecule has 3 nitrogen and oxygen atoms in total. The van der Waals surface area contributed by atoms with E-state index >= 15 is 0 Å². The Labute approximate surface area is 80.6 Å². The van der Waals surface area contributed by atoms with E-state index in [4.69, 9.17) is 10.5 Å². The van der Waals surface area contributed by atoms with E-state index in [-0.39, 0.29) is 11.5 Å². The van der Waals surface area contributed by atoms with E-state index in [0.717, 1.165) is 19.3 Å². The van der Waals surface area contributed by atoms with Gasteiger partial charge in [-0.1, -0.05) is 40.5 Å². The third kappa shape index (κ3) is 5.50. The number of hydrogen-bond donors (Lipinski definition) is 1. The lowest BCUT2D eigenvalue weighted by Gasteiger charge is -2.29. The molecule has 0 aliphatic heterocycles. The second-order valence-corrected chi connectivity index (χ2v) is 4.43. The van der Waals surface area contributed by atoms with Crippen LogP contribution in [0.15, 0.2) is 0 Å². The molecule has 0 bridgehead atoms. The summed E-state index contributed by atoms with van der Waals surface area (Å²) in [7, 11) is 0. The van der Waals surface area contributed by atoms with Gasteiger partial charge in [0.2, 0.25) is 0 Å². The fourth-order valence-electron chi connectivity index (χ4n) is 1.20. The van der Waals surface area contributed by atoms with Gasteiger partial charge in [-0.3, -0.25) is 0 Å². The fraction of sp³-hybridized carbons (Fsp3) is 0.900. The van der Waals surface area contributed by atoms with Crippen molar-refractivity contribution in [1.29, 1.82) is 0 Å². The zero-order chi connectivity index (χ0) is 10.5. The van der Waals surface area contributed by atoms with Crippen LogP contribution in [0.1, 0.15) is 47.0 Å². The van der Waals surface area contributed by atoms with Crippen LogP contribution in [0.3, 0.4) is 0 Å². The molecule has 0 aromatic carbocycles. The number of amides is 1. The van der Waals surface area contributed by atoms with Gasteiger partial charge in [0.25, 0.3) is 0 Å². The van der Waals surface area contributed by atoms with Crippen molar-refractivity contribution in [3.05, 3.63) is 0 Å². The number of primary amides is 1. The summed E-state index contributed by atoms with van der Waals surface area (Å²) in [5.41, 5.74) is 4.98. The standard InChI is InChI=1S/C10H21NO2/c1-5-6-7-8(10(2,3)4)13-9(11)12/h8H,5-7H2,1-4H3,(H2,11,12). The molecule has 78 valence electrons. The van der Waals surface area contributed by atoms with Gasteiger partial charge in [-0.25, -0.2) is 4.79 Å². The van der Waals surface area contributed by atoms with Gasteiger partial charge >= 0.3 is 6.09 Å². The monoisotopic (exact) mass is 187 g/mol. The fourth-order valence-corrected chi connectivity index (χ4v) is 1.20. The van der Waals surface area contributed by atoms with Gasteiger partial charge in [0.15, 0.2) is 0 Å². The van der Waals surface area contributed by atoms with Gasteiger partial charge in [0, 0.05) is 0 Å². The van der Waals surface area contributed by atoms with E-state index in [0.29, 0.717) is 0 Å². The smallest absolute Gasteiger partial charge is 0.404 e. The molecule has 0 heterocycles. The zero-order valence-electron chi connectivity index (χ0n) is 9.09. The predicted octanol–water partition coefficient (Wildman–Crippen LogP) is 2.69. The van der Waals surface area contributed by atoms with Crippen molar-refractivity contribution in [2.45, 2.75) is 53.1 Å². The van der Waals surface area contributed by atoms with Crippen molar-refractivity contribution in [2.24, 2.45) is 11.1 Å². The van der Waals surface area contributed by atoms with Crippen molar-refractivity contribution in [1.82, 2.24) is 0 Å². The van der Waals surface area contributed by atoms with Crippen molar-refractivity contribution in [3.63, 3.8) is 0 Å². The lowest BCUT2D eigenvalue weighted by molar-refractivity contribution is 0.0300. The molecule has 0 fully saturated rings. The summed E-state index contributed by atoms with van der Waals surface area (Å²) in [5, 5.41) is 0. The van der Waals surface area contributed by atoms with Gasteiger partial charge in [0.05, 0.1) is 0 Å². The van der Waals surface area contributed by atoms with E-state index < -0.39 is 6.09 Å². The SMILES string of the molecule is CCCCC(OC(N)=O)C(C)(C)C. The van der Waals surface area contributed by atoms with Crippen LogP contribution < -0.4 is 5.73 Å². The summed E-state index contributed by atoms with van der Waals surface area (Å²) in [5.74, 6) is 0. The first-order valence-corrected chi connectivity index (χ1v) is 4.84. The summed E-state index contributed by atoms with van der Waals surface area (Å²) in [6, 6.07) is 0. The van der Waals surface area contributed by atoms with Crippen LogP contribution >= 0.6 is 0 Å². The van der Waals surface area contributed by atoms with E-state index in [1.54, 1.807) is 0 Å². The number of ether oxygens (including phenoxy) is 1. The highest BCUT2D eigenvalue weighted by atomic mass is 16.6. The quantitative estimate of drug-likeness (QED) is 0.735. The molecular formula is C10H21NO2. The second-order valence-electron chi connectivity index (χ2n) is 4.43. The highest BCUT2D eigenvalue weighted by Gasteiger charge is 2.26. The third-order valence-electron chi connectivity index (χ3n) is 2.04. The van der Waals surface area contributed by atoms with E-state index in [1.165, 1.54) is 0 Å². The summed E-state index contributed by atoms with van der Waals surface area (Å²) < 4.78 is 5.06. The second kappa shape index (κ2) is 5.10. The van der Waals surface area contributed by atoms with Crippen LogP contribution in [0.25, 0.3) is 0 Å². The van der Waals surface area contributed by atoms with Gasteiger partial charge in [-0.15, -0.1) is 0 Å². The molecule has 3 heteroatoms. The maximum absolute atomic E-state index is 10.6. The highest BCUT2D eigenvalue weighted by Crippen LogP contribution is 2.26. The Kier molecular flexibility index (Phi) is 4.81. The van der Waals surface area contributed by atoms with Gasteiger partial charge < -0.3 is 10.5 Å². The molecule has 0 aliphatic rings. The molecule has 1 unspecified atom stereocenters. The van der Waals surface area contributed by atoms with Crippen LogP contribution in [0.4, 0.5) is 4.79 Å². The van der Waals surface area contributed by atoms with Crippen molar-refractivity contribution >= 4 is 6.09 Å². The van der Waals surface area contributed by atoms with Gasteiger partial charge in [0.1, 0.15) is 6.10 Å². The minimum atomic E-state index is -0.670. The number of carbonyl (C=O) groups is 1. The molecule has 0 rings (SSSR count). The Morgan fingerprint density at radius 3 is 2.31 bits per heavy atom. The van der Waals surface area contributed by atoms with Crippen molar-refractivity contribution in [3.8, 4) is 0 Å². The first kappa shape index (κ1) is 12.3. The van der Waals surface area contributed by atoms with Crippen LogP contribution in [-0.4, -0.2) is 12.2 Å². The highest BCUT2D eigenvalue weighted by molar-refractivity contribution is 5.64. The van der Waals surface area contributed by atoms with Gasteiger partial charge in [-0.05, 0) is 11.8 Å². The number of nitrogens with two attached hydrogens (primary N) is 1. The molecule has 1 amide bonds. The lowest BCUT2D eigenvalue weighted by atomic mass is 9.86. The summed E-state index contributed by atoms with van der Waals surface area (Å²) >= 11 is 0. The van der Waals surface area contributed by atoms with Crippen LogP contribution in [-0.2, 0) is 4.74 Å². The van der Waals surface area contributed by atoms with Gasteiger partial charge in [-0.2, -0.15) is 0 Å². The Bertz CT molecular complexity index is 161. The van der Waals surface area contributed by atoms with E-state index in [1.807, 2.05) is 0 Å². The lowest BCUT2D eigenvalue weighted by Crippen LogP contribution is -2.33. The Morgan fingerprint density at radius 2 is 2.00 bits per heavy atom. The summed E-state index contributed by atoms with van der Waals surface area (Å²) in [6.45, 7) is 8.27. The van der Waals surface area contributed by atoms with E-state index in [2.05, 4.69) is 27.7 Å². The van der Waals surface area contributed by atoms with Crippen LogP contribution in [0, 0.1) is 5.41 Å². The Morgan fingerprint density at radius 1 is 1.46 bits per heavy atom. The van der Waals surface area contributed by atoms with Crippen LogP contribution in [0.2, 0.25) is 0 Å². The average Bonchev–Trinajstić information content (AvgIpc) is 1.95. The molecule has 0 aliphatic carbocycles. The van der Waals surface area contributed by atoms with Crippen LogP contribution in [0.5, 0.6) is 0 Å². The largest absolute Gasteiger partial charge is 0.446 e. The molecule has 0 saturated heterocycles. The molecule has 0 aromatic heterocycles. The molecule has 0 saturated carbocycles. The molecule has 0 radical (unpaired) electrons. The molecule has 2 N–H and O–H groups in total. The number of hydrogen-bond acceptors (Lipinski definition) is 2. The van der Waals surface area contributed by atoms with E-state index in [9.17, 15) is 4.79 Å². The number of rotatable bonds is 4. The summed E-state index contributed by atoms with van der Waals surface area (Å²) in [6.07, 6.45) is 2.33. The first-order valence-electron chi connectivity index (χ1n) is 4.84. The maximum Gasteiger partial charge on any atom is 0.404 e. The maximum atomic E-state index is 10.6. The zero-order valence-corrected chi connectivity index (χ0v) is 9.09. The molecule has 13 heavy (non-hydrogen) atoms. The third-order valence-corrected chi connectivity index (χ3v) is 2.04. The van der Waals surface area contributed by atoms with Crippen molar-refractivity contribution < 1.29 is 9.53 Å².